The van der Waals surface area contributed by atoms with Crippen molar-refractivity contribution in [1.29, 1.82) is 0 Å². The molecule has 3 aromatic carbocycles. The van der Waals surface area contributed by atoms with Gasteiger partial charge in [0.1, 0.15) is 11.6 Å². The zero-order chi connectivity index (χ0) is 22.3. The summed E-state index contributed by atoms with van der Waals surface area (Å²) in [4.78, 5) is 38.5. The van der Waals surface area contributed by atoms with Gasteiger partial charge < -0.3 is 9.84 Å². The molecule has 1 aliphatic heterocycles. The Balaban J connectivity index is 1.93. The van der Waals surface area contributed by atoms with E-state index >= 15 is 0 Å². The summed E-state index contributed by atoms with van der Waals surface area (Å²) >= 11 is 0. The maximum absolute atomic E-state index is 14.9. The maximum atomic E-state index is 14.9. The Hall–Kier alpha value is -3.74. The first-order valence-corrected chi connectivity index (χ1v) is 9.98. The van der Waals surface area contributed by atoms with Crippen LogP contribution in [-0.4, -0.2) is 29.5 Å². The summed E-state index contributed by atoms with van der Waals surface area (Å²) in [6.45, 7) is 3.97. The van der Waals surface area contributed by atoms with Gasteiger partial charge in [-0.2, -0.15) is 0 Å². The zero-order valence-electron chi connectivity index (χ0n) is 17.1. The molecule has 0 fully saturated rings. The standard InChI is InChI=1S/C24H20FNO5/c1-3-14-15-7-5-6-8-16(15)22(31-4-2)21-20(14)23(29)26(24(21)30)18-10-9-13(11-17(18)25)12-19(27)28/h5-11H,3-4,12H2,1-2H3,(H,27,28). The summed E-state index contributed by atoms with van der Waals surface area (Å²) in [5.41, 5.74) is 1.09. The van der Waals surface area contributed by atoms with Gasteiger partial charge >= 0.3 is 5.97 Å². The number of ether oxygens (including phenoxy) is 1. The smallest absolute Gasteiger partial charge is 0.307 e. The number of carbonyl (C=O) groups excluding carboxylic acids is 2. The van der Waals surface area contributed by atoms with Crippen LogP contribution in [-0.2, 0) is 17.6 Å². The van der Waals surface area contributed by atoms with Crippen LogP contribution in [0.15, 0.2) is 42.5 Å². The fourth-order valence-electron chi connectivity index (χ4n) is 4.13. The molecular weight excluding hydrogens is 401 g/mol. The minimum atomic E-state index is -1.10. The van der Waals surface area contributed by atoms with Gasteiger partial charge in [-0.25, -0.2) is 9.29 Å². The number of carbonyl (C=O) groups is 3. The molecule has 1 N–H and O–H groups in total. The van der Waals surface area contributed by atoms with Gasteiger partial charge in [-0.15, -0.1) is 0 Å². The number of aryl methyl sites for hydroxylation is 1. The lowest BCUT2D eigenvalue weighted by atomic mass is 9.92. The van der Waals surface area contributed by atoms with Gasteiger partial charge in [-0.05, 0) is 42.0 Å². The fourth-order valence-corrected chi connectivity index (χ4v) is 4.13. The summed E-state index contributed by atoms with van der Waals surface area (Å²) in [7, 11) is 0. The van der Waals surface area contributed by atoms with Gasteiger partial charge in [-0.3, -0.25) is 14.4 Å². The predicted molar refractivity (Wildman–Crippen MR) is 113 cm³/mol. The van der Waals surface area contributed by atoms with Crippen molar-refractivity contribution >= 4 is 34.2 Å². The molecule has 4 rings (SSSR count). The van der Waals surface area contributed by atoms with Crippen molar-refractivity contribution in [3.8, 4) is 5.75 Å². The van der Waals surface area contributed by atoms with Gasteiger partial charge in [0, 0.05) is 5.39 Å². The molecule has 2 amide bonds. The van der Waals surface area contributed by atoms with E-state index in [0.29, 0.717) is 24.3 Å². The number of imide groups is 1. The number of amides is 2. The molecule has 0 saturated heterocycles. The van der Waals surface area contributed by atoms with Gasteiger partial charge in [-0.1, -0.05) is 37.3 Å². The van der Waals surface area contributed by atoms with Crippen molar-refractivity contribution in [2.24, 2.45) is 0 Å². The Labute approximate surface area is 177 Å². The Kier molecular flexibility index (Phi) is 5.19. The number of nitrogens with zero attached hydrogens (tertiary/aromatic N) is 1. The summed E-state index contributed by atoms with van der Waals surface area (Å²) in [5.74, 6) is -2.90. The zero-order valence-corrected chi connectivity index (χ0v) is 17.1. The first kappa shape index (κ1) is 20.5. The maximum Gasteiger partial charge on any atom is 0.307 e. The Morgan fingerprint density at radius 3 is 2.32 bits per heavy atom. The molecule has 0 radical (unpaired) electrons. The van der Waals surface area contributed by atoms with E-state index in [9.17, 15) is 18.8 Å². The van der Waals surface area contributed by atoms with Crippen molar-refractivity contribution < 1.29 is 28.6 Å². The third kappa shape index (κ3) is 3.22. The first-order chi connectivity index (χ1) is 14.9. The van der Waals surface area contributed by atoms with Crippen LogP contribution in [0.5, 0.6) is 5.75 Å². The number of anilines is 1. The van der Waals surface area contributed by atoms with Crippen LogP contribution < -0.4 is 9.64 Å². The summed E-state index contributed by atoms with van der Waals surface area (Å²) in [6, 6.07) is 11.1. The normalized spacial score (nSPS) is 13.1. The van der Waals surface area contributed by atoms with Crippen molar-refractivity contribution in [2.45, 2.75) is 26.7 Å². The molecule has 0 atom stereocenters. The second-order valence-corrected chi connectivity index (χ2v) is 7.19. The summed E-state index contributed by atoms with van der Waals surface area (Å²) < 4.78 is 20.7. The van der Waals surface area contributed by atoms with E-state index in [1.165, 1.54) is 12.1 Å². The number of carboxylic acid groups (broad SMARTS) is 1. The molecule has 0 aromatic heterocycles. The number of fused-ring (bicyclic) bond motifs is 2. The highest BCUT2D eigenvalue weighted by Gasteiger charge is 2.43. The van der Waals surface area contributed by atoms with Crippen LogP contribution in [0, 0.1) is 5.82 Å². The Morgan fingerprint density at radius 2 is 1.71 bits per heavy atom. The number of benzene rings is 3. The molecule has 1 heterocycles. The third-order valence-corrected chi connectivity index (χ3v) is 5.36. The topological polar surface area (TPSA) is 83.9 Å². The van der Waals surface area contributed by atoms with E-state index < -0.39 is 23.6 Å². The van der Waals surface area contributed by atoms with E-state index in [1.54, 1.807) is 6.92 Å². The quantitative estimate of drug-likeness (QED) is 0.598. The second-order valence-electron chi connectivity index (χ2n) is 7.19. The Bertz CT molecular complexity index is 1250. The van der Waals surface area contributed by atoms with Crippen LogP contribution in [0.2, 0.25) is 0 Å². The highest BCUT2D eigenvalue weighted by molar-refractivity contribution is 6.37. The lowest BCUT2D eigenvalue weighted by Crippen LogP contribution is -2.30. The number of hydrogen-bond donors (Lipinski definition) is 1. The molecule has 0 bridgehead atoms. The van der Waals surface area contributed by atoms with E-state index in [1.807, 2.05) is 31.2 Å². The number of aliphatic carboxylic acids is 1. The summed E-state index contributed by atoms with van der Waals surface area (Å²) in [5, 5.41) is 10.5. The van der Waals surface area contributed by atoms with Crippen LogP contribution in [0.4, 0.5) is 10.1 Å². The predicted octanol–water partition coefficient (Wildman–Crippen LogP) is 4.37. The largest absolute Gasteiger partial charge is 0.492 e. The van der Waals surface area contributed by atoms with Crippen LogP contribution in [0.25, 0.3) is 10.8 Å². The third-order valence-electron chi connectivity index (χ3n) is 5.36. The van der Waals surface area contributed by atoms with Gasteiger partial charge in [0.15, 0.2) is 0 Å². The van der Waals surface area contributed by atoms with Crippen molar-refractivity contribution in [3.05, 3.63) is 70.5 Å². The molecule has 158 valence electrons. The first-order valence-electron chi connectivity index (χ1n) is 9.98. The Morgan fingerprint density at radius 1 is 1.03 bits per heavy atom. The summed E-state index contributed by atoms with van der Waals surface area (Å²) in [6.07, 6.45) is 0.140. The lowest BCUT2D eigenvalue weighted by molar-refractivity contribution is -0.136. The molecule has 6 nitrogen and oxygen atoms in total. The molecule has 3 aromatic rings. The highest BCUT2D eigenvalue weighted by atomic mass is 19.1. The van der Waals surface area contributed by atoms with E-state index in [0.717, 1.165) is 21.7 Å². The van der Waals surface area contributed by atoms with Crippen LogP contribution in [0.1, 0.15) is 45.7 Å². The van der Waals surface area contributed by atoms with E-state index in [2.05, 4.69) is 0 Å². The number of carboxylic acids is 1. The van der Waals surface area contributed by atoms with Gasteiger partial charge in [0.05, 0.1) is 29.8 Å². The minimum absolute atomic E-state index is 0.136. The van der Waals surface area contributed by atoms with Gasteiger partial charge in [0.25, 0.3) is 11.8 Å². The second kappa shape index (κ2) is 7.83. The van der Waals surface area contributed by atoms with Crippen LogP contribution >= 0.6 is 0 Å². The molecular formula is C24H20FNO5. The number of rotatable bonds is 6. The van der Waals surface area contributed by atoms with Crippen molar-refractivity contribution in [1.82, 2.24) is 0 Å². The molecule has 7 heteroatoms. The van der Waals surface area contributed by atoms with E-state index in [-0.39, 0.29) is 28.8 Å². The average Bonchev–Trinajstić information content (AvgIpc) is 2.99. The molecule has 31 heavy (non-hydrogen) atoms. The van der Waals surface area contributed by atoms with Crippen molar-refractivity contribution in [2.75, 3.05) is 11.5 Å². The molecule has 0 saturated carbocycles. The van der Waals surface area contributed by atoms with Crippen LogP contribution in [0.3, 0.4) is 0 Å². The molecule has 0 spiro atoms. The minimum Gasteiger partial charge on any atom is -0.492 e. The molecule has 1 aliphatic rings. The highest BCUT2D eigenvalue weighted by Crippen LogP contribution is 2.43. The lowest BCUT2D eigenvalue weighted by Gasteiger charge is -2.15. The molecule has 0 aliphatic carbocycles. The number of halogens is 1. The average molecular weight is 421 g/mol. The fraction of sp³-hybridized carbons (Fsp3) is 0.208. The van der Waals surface area contributed by atoms with Gasteiger partial charge in [0.2, 0.25) is 0 Å². The van der Waals surface area contributed by atoms with E-state index in [4.69, 9.17) is 9.84 Å². The monoisotopic (exact) mass is 421 g/mol. The number of hydrogen-bond acceptors (Lipinski definition) is 4. The SMILES string of the molecule is CCOc1c2c(c(CC)c3ccccc13)C(=O)N(c1ccc(CC(=O)O)cc1F)C2=O. The van der Waals surface area contributed by atoms with Crippen molar-refractivity contribution in [3.63, 3.8) is 0 Å². The molecule has 0 unspecified atom stereocenters.